The second-order valence-corrected chi connectivity index (χ2v) is 7.28. The highest BCUT2D eigenvalue weighted by atomic mass is 32.3. The van der Waals surface area contributed by atoms with Crippen molar-refractivity contribution in [2.24, 2.45) is 0 Å². The van der Waals surface area contributed by atoms with Crippen molar-refractivity contribution in [1.29, 1.82) is 0 Å². The number of phenolic OH excluding ortho intramolecular Hbond substituents is 2. The predicted molar refractivity (Wildman–Crippen MR) is 69.7 cm³/mol. The van der Waals surface area contributed by atoms with E-state index in [1.54, 1.807) is 12.1 Å². The van der Waals surface area contributed by atoms with Gasteiger partial charge >= 0.3 is 0 Å². The first-order valence-electron chi connectivity index (χ1n) is 5.48. The number of hydrogen-bond acceptors (Lipinski definition) is 4. The summed E-state index contributed by atoms with van der Waals surface area (Å²) in [5.41, 5.74) is 0. The first kappa shape index (κ1) is 14.2. The van der Waals surface area contributed by atoms with Gasteiger partial charge in [-0.25, -0.2) is 0 Å². The first-order valence-corrected chi connectivity index (χ1v) is 7.85. The van der Waals surface area contributed by atoms with Crippen molar-refractivity contribution in [3.63, 3.8) is 0 Å². The Bertz CT molecular complexity index is 366. The fraction of sp³-hybridized carbons (Fsp3) is 0.500. The minimum atomic E-state index is -1.53. The van der Waals surface area contributed by atoms with Crippen molar-refractivity contribution in [3.8, 4) is 11.5 Å². The van der Waals surface area contributed by atoms with Crippen LogP contribution in [0.4, 0.5) is 0 Å². The lowest BCUT2D eigenvalue weighted by Gasteiger charge is -2.32. The van der Waals surface area contributed by atoms with Crippen molar-refractivity contribution in [3.05, 3.63) is 18.2 Å². The average molecular weight is 260 g/mol. The highest BCUT2D eigenvalue weighted by molar-refractivity contribution is 8.28. The van der Waals surface area contributed by atoms with E-state index in [2.05, 4.69) is 0 Å². The van der Waals surface area contributed by atoms with Gasteiger partial charge in [-0.3, -0.25) is 0 Å². The summed E-state index contributed by atoms with van der Waals surface area (Å²) in [6, 6.07) is 4.55. The number of unbranched alkanes of at least 4 members (excludes halogenated alkanes) is 1. The lowest BCUT2D eigenvalue weighted by atomic mass is 10.3. The summed E-state index contributed by atoms with van der Waals surface area (Å²) in [6.07, 6.45) is 5.40. The van der Waals surface area contributed by atoms with E-state index in [1.807, 2.05) is 12.5 Å². The van der Waals surface area contributed by atoms with Crippen molar-refractivity contribution in [2.45, 2.75) is 17.7 Å². The topological polar surface area (TPSA) is 69.9 Å². The molecule has 0 aliphatic carbocycles. The molecule has 1 rings (SSSR count). The van der Waals surface area contributed by atoms with Gasteiger partial charge in [0, 0.05) is 12.7 Å². The van der Waals surface area contributed by atoms with E-state index in [-0.39, 0.29) is 18.1 Å². The van der Waals surface area contributed by atoms with Crippen molar-refractivity contribution in [1.82, 2.24) is 0 Å². The molecule has 4 nitrogen and oxygen atoms in total. The van der Waals surface area contributed by atoms with E-state index < -0.39 is 10.3 Å². The Morgan fingerprint density at radius 3 is 2.47 bits per heavy atom. The second-order valence-electron chi connectivity index (χ2n) is 4.14. The fourth-order valence-corrected chi connectivity index (χ4v) is 3.09. The molecule has 0 heterocycles. The predicted octanol–water partition coefficient (Wildman–Crippen LogP) is 2.23. The molecule has 0 atom stereocenters. The molecule has 0 saturated heterocycles. The van der Waals surface area contributed by atoms with Gasteiger partial charge in [0.1, 0.15) is 11.5 Å². The molecule has 3 N–H and O–H groups in total. The van der Waals surface area contributed by atoms with Gasteiger partial charge in [0.05, 0.1) is 11.5 Å². The maximum absolute atomic E-state index is 9.77. The molecule has 0 saturated carbocycles. The molecule has 1 aromatic rings. The molecule has 0 fully saturated rings. The Hall–Kier alpha value is -0.910. The Kier molecular flexibility index (Phi) is 5.11. The van der Waals surface area contributed by atoms with E-state index in [0.717, 1.165) is 17.7 Å². The Balaban J connectivity index is 2.68. The molecular formula is C12H20O4S. The van der Waals surface area contributed by atoms with Gasteiger partial charge in [0.2, 0.25) is 0 Å². The number of rotatable bonds is 6. The van der Waals surface area contributed by atoms with Gasteiger partial charge < -0.3 is 19.5 Å². The van der Waals surface area contributed by atoms with Crippen molar-refractivity contribution in [2.75, 3.05) is 25.7 Å². The van der Waals surface area contributed by atoms with E-state index in [9.17, 15) is 10.2 Å². The van der Waals surface area contributed by atoms with E-state index >= 15 is 0 Å². The third-order valence-corrected chi connectivity index (χ3v) is 4.56. The number of hydrogen-bond donors (Lipinski definition) is 3. The number of benzene rings is 1. The minimum absolute atomic E-state index is 0.0433. The van der Waals surface area contributed by atoms with Crippen LogP contribution in [0.3, 0.4) is 0 Å². The first-order chi connectivity index (χ1) is 7.97. The van der Waals surface area contributed by atoms with Crippen LogP contribution < -0.4 is 0 Å². The highest BCUT2D eigenvalue weighted by Crippen LogP contribution is 2.54. The van der Waals surface area contributed by atoms with Gasteiger partial charge in [-0.2, -0.15) is 0 Å². The molecule has 0 aliphatic heterocycles. The van der Waals surface area contributed by atoms with E-state index in [1.165, 1.54) is 6.07 Å². The monoisotopic (exact) mass is 260 g/mol. The molecule has 0 bridgehead atoms. The maximum atomic E-state index is 9.77. The Morgan fingerprint density at radius 1 is 1.18 bits per heavy atom. The van der Waals surface area contributed by atoms with Gasteiger partial charge in [-0.05, 0) is 37.5 Å². The molecule has 0 aromatic heterocycles. The molecule has 0 spiro atoms. The summed E-state index contributed by atoms with van der Waals surface area (Å²) >= 11 is 0. The van der Waals surface area contributed by atoms with Crippen LogP contribution >= 0.6 is 10.3 Å². The average Bonchev–Trinajstić information content (AvgIpc) is 2.24. The van der Waals surface area contributed by atoms with Gasteiger partial charge in [0.15, 0.2) is 0 Å². The van der Waals surface area contributed by atoms with Gasteiger partial charge in [-0.15, -0.1) is 10.3 Å². The molecule has 17 heavy (non-hydrogen) atoms. The van der Waals surface area contributed by atoms with Crippen LogP contribution in [0, 0.1) is 0 Å². The maximum Gasteiger partial charge on any atom is 0.133 e. The van der Waals surface area contributed by atoms with Crippen LogP contribution in [-0.2, 0) is 4.18 Å². The number of aliphatic hydroxyl groups excluding tert-OH is 1. The fourth-order valence-electron chi connectivity index (χ4n) is 1.47. The summed E-state index contributed by atoms with van der Waals surface area (Å²) in [4.78, 5) is 0.722. The van der Waals surface area contributed by atoms with E-state index in [0.29, 0.717) is 6.61 Å². The third-order valence-electron chi connectivity index (χ3n) is 2.40. The standard InChI is InChI=1S/C12H20O4S/c1-17(2,16-8-4-3-7-13)12-6-5-10(14)9-11(12)15/h5-6,9,13-15H,3-4,7-8H2,1-2H3. The van der Waals surface area contributed by atoms with Gasteiger partial charge in [0.25, 0.3) is 0 Å². The molecule has 98 valence electrons. The summed E-state index contributed by atoms with van der Waals surface area (Å²) in [7, 11) is -1.53. The zero-order chi connectivity index (χ0) is 12.9. The largest absolute Gasteiger partial charge is 0.508 e. The number of aliphatic hydroxyl groups is 1. The normalized spacial score (nSPS) is 12.6. The SMILES string of the molecule is CS(C)(OCCCCO)c1ccc(O)cc1O. The van der Waals surface area contributed by atoms with Crippen LogP contribution in [0.2, 0.25) is 0 Å². The molecule has 0 unspecified atom stereocenters. The van der Waals surface area contributed by atoms with Crippen LogP contribution in [0.15, 0.2) is 23.1 Å². The number of aromatic hydroxyl groups is 2. The van der Waals surface area contributed by atoms with Crippen LogP contribution in [0.25, 0.3) is 0 Å². The molecule has 1 aromatic carbocycles. The van der Waals surface area contributed by atoms with Crippen LogP contribution in [0.5, 0.6) is 11.5 Å². The van der Waals surface area contributed by atoms with Crippen LogP contribution in [0.1, 0.15) is 12.8 Å². The Labute approximate surface area is 103 Å². The summed E-state index contributed by atoms with van der Waals surface area (Å²) in [5.74, 6) is 0.105. The molecule has 5 heteroatoms. The van der Waals surface area contributed by atoms with E-state index in [4.69, 9.17) is 9.29 Å². The van der Waals surface area contributed by atoms with Crippen LogP contribution in [-0.4, -0.2) is 41.0 Å². The molecule has 0 radical (unpaired) electrons. The summed E-state index contributed by atoms with van der Waals surface area (Å²) in [5, 5.41) is 27.7. The molecular weight excluding hydrogens is 240 g/mol. The summed E-state index contributed by atoms with van der Waals surface area (Å²) < 4.78 is 5.77. The quantitative estimate of drug-likeness (QED) is 0.686. The van der Waals surface area contributed by atoms with Crippen molar-refractivity contribution >= 4 is 10.3 Å². The minimum Gasteiger partial charge on any atom is -0.508 e. The smallest absolute Gasteiger partial charge is 0.133 e. The Morgan fingerprint density at radius 2 is 1.88 bits per heavy atom. The lowest BCUT2D eigenvalue weighted by Crippen LogP contribution is -2.04. The van der Waals surface area contributed by atoms with Crippen molar-refractivity contribution < 1.29 is 19.5 Å². The zero-order valence-corrected chi connectivity index (χ0v) is 11.0. The molecule has 0 amide bonds. The zero-order valence-electron chi connectivity index (χ0n) is 10.2. The second kappa shape index (κ2) is 6.14. The third kappa shape index (κ3) is 4.11. The molecule has 0 aliphatic rings. The number of phenols is 2. The highest BCUT2D eigenvalue weighted by Gasteiger charge is 2.19. The van der Waals surface area contributed by atoms with Gasteiger partial charge in [-0.1, -0.05) is 0 Å². The summed E-state index contributed by atoms with van der Waals surface area (Å²) in [6.45, 7) is 0.729. The lowest BCUT2D eigenvalue weighted by molar-refractivity contribution is 0.263.